The molecule has 1 saturated heterocycles. The smallest absolute Gasteiger partial charge is 0.232 e. The van der Waals surface area contributed by atoms with Crippen LogP contribution in [0.5, 0.6) is 5.88 Å². The van der Waals surface area contributed by atoms with Crippen molar-refractivity contribution < 1.29 is 9.47 Å². The van der Waals surface area contributed by atoms with Crippen LogP contribution in [0, 0.1) is 5.92 Å². The highest BCUT2D eigenvalue weighted by Gasteiger charge is 2.16. The van der Waals surface area contributed by atoms with Crippen LogP contribution in [0.3, 0.4) is 0 Å². The van der Waals surface area contributed by atoms with Crippen LogP contribution in [-0.4, -0.2) is 29.8 Å². The molecule has 0 amide bonds. The zero-order valence-electron chi connectivity index (χ0n) is 8.36. The van der Waals surface area contributed by atoms with Gasteiger partial charge in [-0.1, -0.05) is 0 Å². The van der Waals surface area contributed by atoms with Gasteiger partial charge in [0.05, 0.1) is 31.0 Å². The number of rotatable bonds is 4. The molecular weight excluding hydrogens is 216 g/mol. The molecule has 2 rings (SSSR count). The molecule has 0 aliphatic carbocycles. The lowest BCUT2D eigenvalue weighted by molar-refractivity contribution is 0.165. The van der Waals surface area contributed by atoms with Crippen LogP contribution in [-0.2, 0) is 10.6 Å². The predicted octanol–water partition coefficient (Wildman–Crippen LogP) is 1.63. The van der Waals surface area contributed by atoms with Crippen LogP contribution in [0.2, 0.25) is 0 Å². The van der Waals surface area contributed by atoms with E-state index in [0.717, 1.165) is 25.3 Å². The fraction of sp³-hybridized carbons (Fsp3) is 0.600. The fourth-order valence-corrected chi connectivity index (χ4v) is 1.57. The quantitative estimate of drug-likeness (QED) is 0.735. The van der Waals surface area contributed by atoms with Crippen molar-refractivity contribution in [3.8, 4) is 5.88 Å². The third kappa shape index (κ3) is 3.04. The summed E-state index contributed by atoms with van der Waals surface area (Å²) in [4.78, 5) is 8.19. The highest BCUT2D eigenvalue weighted by Crippen LogP contribution is 2.14. The maximum Gasteiger partial charge on any atom is 0.232 e. The number of hydrogen-bond donors (Lipinski definition) is 0. The molecule has 4 nitrogen and oxygen atoms in total. The van der Waals surface area contributed by atoms with Crippen LogP contribution in [0.4, 0.5) is 0 Å². The Morgan fingerprint density at radius 3 is 3.20 bits per heavy atom. The molecule has 0 bridgehead atoms. The van der Waals surface area contributed by atoms with E-state index in [2.05, 4.69) is 9.97 Å². The summed E-state index contributed by atoms with van der Waals surface area (Å²) in [6.45, 7) is 2.25. The Labute approximate surface area is 93.6 Å². The molecule has 82 valence electrons. The van der Waals surface area contributed by atoms with Crippen LogP contribution in [0.15, 0.2) is 12.4 Å². The van der Waals surface area contributed by atoms with E-state index in [9.17, 15) is 0 Å². The van der Waals surface area contributed by atoms with Gasteiger partial charge in [-0.2, -0.15) is 0 Å². The average Bonchev–Trinajstić information content (AvgIpc) is 2.79. The Balaban J connectivity index is 1.86. The van der Waals surface area contributed by atoms with Gasteiger partial charge >= 0.3 is 0 Å². The number of alkyl halides is 1. The first-order chi connectivity index (χ1) is 7.38. The molecule has 0 N–H and O–H groups in total. The first kappa shape index (κ1) is 10.6. The van der Waals surface area contributed by atoms with Gasteiger partial charge in [0.1, 0.15) is 0 Å². The van der Waals surface area contributed by atoms with E-state index in [4.69, 9.17) is 21.1 Å². The van der Waals surface area contributed by atoms with Gasteiger partial charge in [0.2, 0.25) is 5.88 Å². The molecule has 1 atom stereocenters. The standard InChI is InChI=1S/C10H13ClN2O2/c11-3-9-4-12-5-10(13-9)15-7-8-1-2-14-6-8/h4-5,8H,1-3,6-7H2. The molecule has 0 saturated carbocycles. The Bertz CT molecular complexity index is 316. The summed E-state index contributed by atoms with van der Waals surface area (Å²) in [6, 6.07) is 0. The van der Waals surface area contributed by atoms with Crippen molar-refractivity contribution in [2.45, 2.75) is 12.3 Å². The minimum atomic E-state index is 0.358. The Hall–Kier alpha value is -0.870. The summed E-state index contributed by atoms with van der Waals surface area (Å²) >= 11 is 5.65. The maximum absolute atomic E-state index is 5.65. The van der Waals surface area contributed by atoms with Crippen molar-refractivity contribution >= 4 is 11.6 Å². The molecule has 1 aliphatic heterocycles. The molecule has 1 aliphatic rings. The third-order valence-corrected chi connectivity index (χ3v) is 2.56. The van der Waals surface area contributed by atoms with Gasteiger partial charge in [-0.3, -0.25) is 4.98 Å². The normalized spacial score (nSPS) is 20.5. The minimum absolute atomic E-state index is 0.358. The molecule has 0 aromatic carbocycles. The molecule has 1 unspecified atom stereocenters. The lowest BCUT2D eigenvalue weighted by Gasteiger charge is -2.09. The van der Waals surface area contributed by atoms with Gasteiger partial charge in [0, 0.05) is 18.7 Å². The van der Waals surface area contributed by atoms with Gasteiger partial charge in [-0.05, 0) is 6.42 Å². The third-order valence-electron chi connectivity index (χ3n) is 2.29. The molecule has 2 heterocycles. The number of aromatic nitrogens is 2. The molecule has 1 fully saturated rings. The van der Waals surface area contributed by atoms with E-state index in [1.807, 2.05) is 0 Å². The van der Waals surface area contributed by atoms with E-state index >= 15 is 0 Å². The molecular formula is C10H13ClN2O2. The minimum Gasteiger partial charge on any atom is -0.476 e. The second-order valence-corrected chi connectivity index (χ2v) is 3.79. The molecule has 0 spiro atoms. The molecule has 15 heavy (non-hydrogen) atoms. The van der Waals surface area contributed by atoms with Crippen molar-refractivity contribution in [2.75, 3.05) is 19.8 Å². The lowest BCUT2D eigenvalue weighted by atomic mass is 10.1. The van der Waals surface area contributed by atoms with Crippen molar-refractivity contribution in [3.05, 3.63) is 18.1 Å². The van der Waals surface area contributed by atoms with Gasteiger partial charge < -0.3 is 9.47 Å². The Morgan fingerprint density at radius 1 is 1.53 bits per heavy atom. The second kappa shape index (κ2) is 5.28. The highest BCUT2D eigenvalue weighted by atomic mass is 35.5. The average molecular weight is 229 g/mol. The monoisotopic (exact) mass is 228 g/mol. The molecule has 1 aromatic heterocycles. The maximum atomic E-state index is 5.65. The number of ether oxygens (including phenoxy) is 2. The summed E-state index contributed by atoms with van der Waals surface area (Å²) in [5.41, 5.74) is 0.733. The Morgan fingerprint density at radius 2 is 2.47 bits per heavy atom. The first-order valence-electron chi connectivity index (χ1n) is 4.96. The van der Waals surface area contributed by atoms with E-state index in [-0.39, 0.29) is 0 Å². The van der Waals surface area contributed by atoms with E-state index < -0.39 is 0 Å². The van der Waals surface area contributed by atoms with Crippen molar-refractivity contribution in [1.29, 1.82) is 0 Å². The predicted molar refractivity (Wildman–Crippen MR) is 56.0 cm³/mol. The van der Waals surface area contributed by atoms with Gasteiger partial charge in [-0.15, -0.1) is 11.6 Å². The summed E-state index contributed by atoms with van der Waals surface area (Å²) in [5.74, 6) is 1.38. The van der Waals surface area contributed by atoms with Gasteiger partial charge in [0.15, 0.2) is 0 Å². The Kier molecular flexibility index (Phi) is 3.75. The van der Waals surface area contributed by atoms with Crippen LogP contribution in [0.1, 0.15) is 12.1 Å². The van der Waals surface area contributed by atoms with E-state index in [0.29, 0.717) is 24.3 Å². The summed E-state index contributed by atoms with van der Waals surface area (Å²) < 4.78 is 10.8. The van der Waals surface area contributed by atoms with Crippen molar-refractivity contribution in [2.24, 2.45) is 5.92 Å². The largest absolute Gasteiger partial charge is 0.476 e. The van der Waals surface area contributed by atoms with Gasteiger partial charge in [0.25, 0.3) is 0 Å². The lowest BCUT2D eigenvalue weighted by Crippen LogP contribution is -2.12. The SMILES string of the molecule is ClCc1cncc(OCC2CCOC2)n1. The summed E-state index contributed by atoms with van der Waals surface area (Å²) in [7, 11) is 0. The van der Waals surface area contributed by atoms with Crippen LogP contribution < -0.4 is 4.74 Å². The molecule has 1 aromatic rings. The van der Waals surface area contributed by atoms with Crippen molar-refractivity contribution in [1.82, 2.24) is 9.97 Å². The zero-order valence-corrected chi connectivity index (χ0v) is 9.11. The topological polar surface area (TPSA) is 44.2 Å². The van der Waals surface area contributed by atoms with Crippen LogP contribution in [0.25, 0.3) is 0 Å². The van der Waals surface area contributed by atoms with Crippen molar-refractivity contribution in [3.63, 3.8) is 0 Å². The highest BCUT2D eigenvalue weighted by molar-refractivity contribution is 6.16. The van der Waals surface area contributed by atoms with E-state index in [1.165, 1.54) is 0 Å². The summed E-state index contributed by atoms with van der Waals surface area (Å²) in [6.07, 6.45) is 4.30. The first-order valence-corrected chi connectivity index (χ1v) is 5.49. The number of hydrogen-bond acceptors (Lipinski definition) is 4. The molecule has 0 radical (unpaired) electrons. The van der Waals surface area contributed by atoms with E-state index in [1.54, 1.807) is 12.4 Å². The second-order valence-electron chi connectivity index (χ2n) is 3.52. The summed E-state index contributed by atoms with van der Waals surface area (Å²) in [5, 5.41) is 0. The van der Waals surface area contributed by atoms with Gasteiger partial charge in [-0.25, -0.2) is 4.98 Å². The number of halogens is 1. The zero-order chi connectivity index (χ0) is 10.5. The van der Waals surface area contributed by atoms with Crippen LogP contribution >= 0.6 is 11.6 Å². The fourth-order valence-electron chi connectivity index (χ4n) is 1.44. The number of nitrogens with zero attached hydrogens (tertiary/aromatic N) is 2. The molecule has 5 heteroatoms.